The van der Waals surface area contributed by atoms with Gasteiger partial charge in [0.25, 0.3) is 0 Å². The largest absolute Gasteiger partial charge is 0.495 e. The molecule has 0 amide bonds. The van der Waals surface area contributed by atoms with Crippen molar-refractivity contribution < 1.29 is 19.4 Å². The molecule has 1 aromatic heterocycles. The van der Waals surface area contributed by atoms with Crippen LogP contribution in [0.4, 0.5) is 17.3 Å². The second kappa shape index (κ2) is 9.27. The molecule has 2 aromatic carbocycles. The van der Waals surface area contributed by atoms with Crippen LogP contribution in [0.1, 0.15) is 35.3 Å². The van der Waals surface area contributed by atoms with Crippen LogP contribution in [0.3, 0.4) is 0 Å². The van der Waals surface area contributed by atoms with Gasteiger partial charge in [-0.2, -0.15) is 5.26 Å². The highest BCUT2D eigenvalue weighted by molar-refractivity contribution is 6.70. The Balaban J connectivity index is 1.74. The van der Waals surface area contributed by atoms with Crippen LogP contribution in [0.2, 0.25) is 5.02 Å². The first-order valence-electron chi connectivity index (χ1n) is 10.5. The van der Waals surface area contributed by atoms with Gasteiger partial charge in [0.2, 0.25) is 5.95 Å². The number of halogens is 1. The van der Waals surface area contributed by atoms with E-state index in [4.69, 9.17) is 16.3 Å². The molecule has 1 aliphatic rings. The van der Waals surface area contributed by atoms with E-state index in [1.807, 2.05) is 6.07 Å². The molecule has 175 valence electrons. The lowest BCUT2D eigenvalue weighted by molar-refractivity contribution is 0.0696. The molecule has 3 aromatic rings. The van der Waals surface area contributed by atoms with Crippen molar-refractivity contribution in [2.24, 2.45) is 0 Å². The molecule has 0 saturated carbocycles. The molecule has 2 N–H and O–H groups in total. The van der Waals surface area contributed by atoms with Crippen LogP contribution in [-0.4, -0.2) is 48.3 Å². The van der Waals surface area contributed by atoms with Gasteiger partial charge >= 0.3 is 13.4 Å². The second-order valence-electron chi connectivity index (χ2n) is 8.56. The van der Waals surface area contributed by atoms with Gasteiger partial charge in [-0.15, -0.1) is 0 Å². The van der Waals surface area contributed by atoms with Crippen LogP contribution < -0.4 is 14.9 Å². The molecule has 2 heterocycles. The Bertz CT molecular complexity index is 1390. The van der Waals surface area contributed by atoms with Crippen molar-refractivity contribution in [1.29, 1.82) is 5.26 Å². The number of aromatic nitrogens is 2. The highest BCUT2D eigenvalue weighted by atomic mass is 35.5. The fourth-order valence-corrected chi connectivity index (χ4v) is 4.41. The van der Waals surface area contributed by atoms with Crippen LogP contribution in [0.25, 0.3) is 11.3 Å². The number of rotatable bonds is 7. The molecule has 4 rings (SSSR count). The van der Waals surface area contributed by atoms with Gasteiger partial charge < -0.3 is 24.8 Å². The number of nitrogens with one attached hydrogen (secondary N) is 1. The van der Waals surface area contributed by atoms with Gasteiger partial charge in [0.1, 0.15) is 18.0 Å². The summed E-state index contributed by atoms with van der Waals surface area (Å²) in [5.74, 6) is -0.678. The monoisotopic (exact) mass is 488 g/mol. The van der Waals surface area contributed by atoms with Gasteiger partial charge in [-0.3, -0.25) is 0 Å². The number of aromatic carboxylic acids is 1. The number of carbonyl (C=O) groups excluding carboxylic acids is 1. The van der Waals surface area contributed by atoms with Crippen molar-refractivity contribution in [3.8, 4) is 23.1 Å². The van der Waals surface area contributed by atoms with Crippen molar-refractivity contribution in [3.63, 3.8) is 0 Å². The number of carbonyl (C=O) groups is 2. The van der Waals surface area contributed by atoms with E-state index in [0.29, 0.717) is 29.7 Å². The van der Waals surface area contributed by atoms with E-state index in [2.05, 4.69) is 35.2 Å². The number of fused-ring (bicyclic) bond motifs is 1. The molecular formula is C24H20BClN5O4. The minimum absolute atomic E-state index is 0.0353. The van der Waals surface area contributed by atoms with Gasteiger partial charge in [0.15, 0.2) is 0 Å². The van der Waals surface area contributed by atoms with Crippen molar-refractivity contribution in [3.05, 3.63) is 58.2 Å². The number of nitriles is 1. The average molecular weight is 489 g/mol. The number of nitrogens with zero attached hydrogens (tertiary/aromatic N) is 4. The molecule has 0 saturated heterocycles. The molecule has 0 fully saturated rings. The Morgan fingerprint density at radius 3 is 2.80 bits per heavy atom. The smallest absolute Gasteiger partial charge is 0.337 e. The van der Waals surface area contributed by atoms with E-state index in [1.54, 1.807) is 23.1 Å². The van der Waals surface area contributed by atoms with Gasteiger partial charge in [-0.05, 0) is 35.9 Å². The minimum Gasteiger partial charge on any atom is -0.495 e. The summed E-state index contributed by atoms with van der Waals surface area (Å²) in [7, 11) is 2.85. The zero-order valence-corrected chi connectivity index (χ0v) is 19.9. The number of hydrogen-bond acceptors (Lipinski definition) is 8. The molecule has 0 aliphatic carbocycles. The Hall–Kier alpha value is -4.10. The van der Waals surface area contributed by atoms with Gasteiger partial charge in [-0.25, -0.2) is 14.8 Å². The lowest BCUT2D eigenvalue weighted by Gasteiger charge is -2.20. The lowest BCUT2D eigenvalue weighted by Crippen LogP contribution is -2.32. The number of hydrogen-bond donors (Lipinski definition) is 2. The van der Waals surface area contributed by atoms with Gasteiger partial charge in [-0.1, -0.05) is 25.4 Å². The van der Waals surface area contributed by atoms with E-state index in [0.717, 1.165) is 16.8 Å². The fourth-order valence-electron chi connectivity index (χ4n) is 4.17. The maximum atomic E-state index is 11.4. The predicted octanol–water partition coefficient (Wildman–Crippen LogP) is 4.03. The zero-order chi connectivity index (χ0) is 25.3. The summed E-state index contributed by atoms with van der Waals surface area (Å²) in [4.78, 5) is 33.1. The molecule has 35 heavy (non-hydrogen) atoms. The summed E-state index contributed by atoms with van der Waals surface area (Å²) in [5.41, 5.74) is 3.41. The maximum Gasteiger partial charge on any atom is 0.337 e. The Labute approximate surface area is 207 Å². The summed E-state index contributed by atoms with van der Waals surface area (Å²) in [6.07, 6.45) is 2.29. The summed E-state index contributed by atoms with van der Waals surface area (Å²) in [6, 6.07) is 10.4. The number of methoxy groups -OCH3 is 1. The third kappa shape index (κ3) is 4.50. The summed E-state index contributed by atoms with van der Waals surface area (Å²) in [5, 5.41) is 22.2. The quantitative estimate of drug-likeness (QED) is 0.374. The van der Waals surface area contributed by atoms with Gasteiger partial charge in [0.05, 0.1) is 34.6 Å². The summed E-state index contributed by atoms with van der Waals surface area (Å²) < 4.78 is 5.30. The van der Waals surface area contributed by atoms with Crippen molar-refractivity contribution >= 4 is 48.5 Å². The van der Waals surface area contributed by atoms with E-state index >= 15 is 0 Å². The molecule has 0 unspecified atom stereocenters. The average Bonchev–Trinajstić information content (AvgIpc) is 3.08. The topological polar surface area (TPSA) is 128 Å². The molecule has 11 heteroatoms. The Kier molecular flexibility index (Phi) is 6.37. The number of benzene rings is 2. The first-order chi connectivity index (χ1) is 16.7. The maximum absolute atomic E-state index is 11.4. The molecular weight excluding hydrogens is 469 g/mol. The third-order valence-electron chi connectivity index (χ3n) is 5.77. The van der Waals surface area contributed by atoms with Crippen LogP contribution >= 0.6 is 11.6 Å². The summed E-state index contributed by atoms with van der Waals surface area (Å²) in [6.45, 7) is 4.68. The lowest BCUT2D eigenvalue weighted by atomic mass is 9.84. The number of carboxylic acid groups (broad SMARTS) is 1. The van der Waals surface area contributed by atoms with Crippen molar-refractivity contribution in [2.45, 2.75) is 19.3 Å². The highest BCUT2D eigenvalue weighted by Crippen LogP contribution is 2.44. The van der Waals surface area contributed by atoms with Gasteiger partial charge in [0, 0.05) is 29.4 Å². The van der Waals surface area contributed by atoms with Crippen LogP contribution in [0, 0.1) is 11.3 Å². The zero-order valence-electron chi connectivity index (χ0n) is 19.2. The fraction of sp³-hybridized carbons (Fsp3) is 0.208. The summed E-state index contributed by atoms with van der Waals surface area (Å²) >= 11 is 6.12. The molecule has 0 atom stereocenters. The third-order valence-corrected chi connectivity index (χ3v) is 6.08. The molecule has 1 aliphatic heterocycles. The molecule has 0 spiro atoms. The SMILES string of the molecule is COc1cc(C(=O)O)c(Cl)cc1Nc1nccc(-c2cc(C#N)c3c(c2)C(C)(C)CN3[B]C=O)n1. The first kappa shape index (κ1) is 24.0. The second-order valence-corrected chi connectivity index (χ2v) is 8.96. The van der Waals surface area contributed by atoms with Crippen LogP contribution in [0.15, 0.2) is 36.5 Å². The number of ether oxygens (including phenoxy) is 1. The van der Waals surface area contributed by atoms with Crippen LogP contribution in [-0.2, 0) is 10.2 Å². The standard InChI is InChI=1S/C24H20BClN5O4/c1-24(2)11-31(25-12-32)21-14(10-27)6-13(7-16(21)24)18-4-5-28-23(29-18)30-19-9-17(26)15(22(33)34)8-20(19)35-3/h4-9,12H,11H2,1-3H3,(H,33,34)(H,28,29,30). The van der Waals surface area contributed by atoms with E-state index in [9.17, 15) is 20.0 Å². The first-order valence-corrected chi connectivity index (χ1v) is 10.9. The van der Waals surface area contributed by atoms with E-state index in [1.165, 1.54) is 26.7 Å². The Morgan fingerprint density at radius 1 is 1.37 bits per heavy atom. The predicted molar refractivity (Wildman–Crippen MR) is 133 cm³/mol. The normalized spacial score (nSPS) is 13.5. The van der Waals surface area contributed by atoms with E-state index < -0.39 is 5.97 Å². The van der Waals surface area contributed by atoms with Crippen molar-refractivity contribution in [1.82, 2.24) is 9.97 Å². The van der Waals surface area contributed by atoms with Crippen LogP contribution in [0.5, 0.6) is 5.75 Å². The van der Waals surface area contributed by atoms with E-state index in [-0.39, 0.29) is 27.7 Å². The molecule has 9 nitrogen and oxygen atoms in total. The highest BCUT2D eigenvalue weighted by Gasteiger charge is 2.37. The molecule has 1 radical (unpaired) electrons. The number of anilines is 3. The number of carboxylic acids is 1. The molecule has 0 bridgehead atoms. The minimum atomic E-state index is -1.17. The Morgan fingerprint density at radius 2 is 2.14 bits per heavy atom. The van der Waals surface area contributed by atoms with Crippen molar-refractivity contribution in [2.75, 3.05) is 23.8 Å².